The molecule has 5 heteroatoms. The van der Waals surface area contributed by atoms with Crippen LogP contribution in [0.5, 0.6) is 0 Å². The van der Waals surface area contributed by atoms with Gasteiger partial charge in [-0.3, -0.25) is 16.3 Å². The van der Waals surface area contributed by atoms with E-state index in [4.69, 9.17) is 17.4 Å². The molecule has 0 aliphatic heterocycles. The fourth-order valence-electron chi connectivity index (χ4n) is 1.76. The summed E-state index contributed by atoms with van der Waals surface area (Å²) < 4.78 is 0.967. The lowest BCUT2D eigenvalue weighted by Crippen LogP contribution is -2.29. The number of halogens is 2. The first-order chi connectivity index (χ1) is 8.70. The molecule has 1 aromatic heterocycles. The van der Waals surface area contributed by atoms with E-state index >= 15 is 0 Å². The largest absolute Gasteiger partial charge is 0.271 e. The van der Waals surface area contributed by atoms with Gasteiger partial charge in [0.2, 0.25) is 0 Å². The van der Waals surface area contributed by atoms with Crippen LogP contribution in [0, 0.1) is 0 Å². The number of nitrogens with two attached hydrogens (primary N) is 1. The normalized spacial score (nSPS) is 12.4. The smallest absolute Gasteiger partial charge is 0.0516 e. The number of hydrogen-bond acceptors (Lipinski definition) is 3. The summed E-state index contributed by atoms with van der Waals surface area (Å²) in [5, 5.41) is 0.730. The fraction of sp³-hybridized carbons (Fsp3) is 0.154. The molecule has 0 radical (unpaired) electrons. The van der Waals surface area contributed by atoms with Gasteiger partial charge in [-0.25, -0.2) is 0 Å². The molecule has 0 bridgehead atoms. The van der Waals surface area contributed by atoms with Crippen LogP contribution in [0.25, 0.3) is 0 Å². The van der Waals surface area contributed by atoms with Gasteiger partial charge in [0.15, 0.2) is 0 Å². The summed E-state index contributed by atoms with van der Waals surface area (Å²) in [6.45, 7) is 0. The second kappa shape index (κ2) is 6.29. The summed E-state index contributed by atoms with van der Waals surface area (Å²) in [5.74, 6) is 5.60. The van der Waals surface area contributed by atoms with Crippen molar-refractivity contribution in [2.45, 2.75) is 12.5 Å². The monoisotopic (exact) mass is 325 g/mol. The number of rotatable bonds is 4. The van der Waals surface area contributed by atoms with Crippen molar-refractivity contribution >= 4 is 27.5 Å². The molecule has 1 atom stereocenters. The highest BCUT2D eigenvalue weighted by Crippen LogP contribution is 2.25. The van der Waals surface area contributed by atoms with E-state index in [2.05, 4.69) is 26.3 Å². The van der Waals surface area contributed by atoms with Crippen LogP contribution in [0.3, 0.4) is 0 Å². The van der Waals surface area contributed by atoms with Gasteiger partial charge in [0.1, 0.15) is 0 Å². The van der Waals surface area contributed by atoms with Crippen molar-refractivity contribution in [1.82, 2.24) is 10.4 Å². The van der Waals surface area contributed by atoms with E-state index in [0.29, 0.717) is 6.42 Å². The Balaban J connectivity index is 2.21. The third-order valence-electron chi connectivity index (χ3n) is 2.73. The highest BCUT2D eigenvalue weighted by molar-refractivity contribution is 9.10. The molecule has 0 fully saturated rings. The third kappa shape index (κ3) is 3.29. The lowest BCUT2D eigenvalue weighted by atomic mass is 10.0. The first-order valence-electron chi connectivity index (χ1n) is 5.50. The van der Waals surface area contributed by atoms with Crippen LogP contribution in [-0.4, -0.2) is 4.98 Å². The second-order valence-electron chi connectivity index (χ2n) is 3.95. The minimum absolute atomic E-state index is 0.00243. The quantitative estimate of drug-likeness (QED) is 0.670. The number of nitrogens with zero attached hydrogens (tertiary/aromatic N) is 1. The van der Waals surface area contributed by atoms with Crippen LogP contribution in [-0.2, 0) is 6.42 Å². The summed E-state index contributed by atoms with van der Waals surface area (Å²) in [6.07, 6.45) is 4.26. The van der Waals surface area contributed by atoms with Crippen molar-refractivity contribution in [3.8, 4) is 0 Å². The molecule has 0 saturated carbocycles. The van der Waals surface area contributed by atoms with Gasteiger partial charge in [0.05, 0.1) is 6.04 Å². The Morgan fingerprint density at radius 1 is 1.39 bits per heavy atom. The van der Waals surface area contributed by atoms with Crippen LogP contribution < -0.4 is 11.3 Å². The van der Waals surface area contributed by atoms with E-state index in [9.17, 15) is 0 Å². The highest BCUT2D eigenvalue weighted by Gasteiger charge is 2.12. The van der Waals surface area contributed by atoms with Crippen molar-refractivity contribution in [1.29, 1.82) is 0 Å². The van der Waals surface area contributed by atoms with E-state index < -0.39 is 0 Å². The van der Waals surface area contributed by atoms with E-state index in [1.54, 1.807) is 12.4 Å². The molecule has 1 heterocycles. The van der Waals surface area contributed by atoms with Gasteiger partial charge in [0.25, 0.3) is 0 Å². The van der Waals surface area contributed by atoms with Crippen molar-refractivity contribution in [3.05, 3.63) is 63.3 Å². The zero-order valence-electron chi connectivity index (χ0n) is 9.61. The van der Waals surface area contributed by atoms with Crippen LogP contribution in [0.4, 0.5) is 0 Å². The number of nitrogens with one attached hydrogen (secondary N) is 1. The molecule has 2 rings (SSSR count). The molecule has 0 saturated heterocycles. The maximum atomic E-state index is 6.20. The maximum absolute atomic E-state index is 6.20. The molecule has 3 N–H and O–H groups in total. The molecule has 0 amide bonds. The van der Waals surface area contributed by atoms with Crippen LogP contribution in [0.2, 0.25) is 5.02 Å². The first-order valence-corrected chi connectivity index (χ1v) is 6.68. The van der Waals surface area contributed by atoms with E-state index in [1.807, 2.05) is 30.3 Å². The second-order valence-corrected chi connectivity index (χ2v) is 5.27. The van der Waals surface area contributed by atoms with Crippen molar-refractivity contribution in [2.75, 3.05) is 0 Å². The van der Waals surface area contributed by atoms with Crippen LogP contribution in [0.1, 0.15) is 17.2 Å². The Morgan fingerprint density at radius 3 is 2.83 bits per heavy atom. The molecule has 0 spiro atoms. The van der Waals surface area contributed by atoms with Crippen LogP contribution >= 0.6 is 27.5 Å². The van der Waals surface area contributed by atoms with E-state index in [0.717, 1.165) is 20.6 Å². The molecule has 0 aliphatic carbocycles. The molecule has 0 aliphatic rings. The molecular weight excluding hydrogens is 314 g/mol. The van der Waals surface area contributed by atoms with Crippen molar-refractivity contribution in [3.63, 3.8) is 0 Å². The molecule has 1 unspecified atom stereocenters. The Morgan fingerprint density at radius 2 is 2.22 bits per heavy atom. The van der Waals surface area contributed by atoms with Gasteiger partial charge >= 0.3 is 0 Å². The molecule has 1 aromatic carbocycles. The number of pyridine rings is 1. The lowest BCUT2D eigenvalue weighted by molar-refractivity contribution is 0.550. The van der Waals surface area contributed by atoms with Gasteiger partial charge < -0.3 is 0 Å². The topological polar surface area (TPSA) is 50.9 Å². The first kappa shape index (κ1) is 13.5. The van der Waals surface area contributed by atoms with Crippen molar-refractivity contribution < 1.29 is 0 Å². The third-order valence-corrected chi connectivity index (χ3v) is 3.57. The zero-order chi connectivity index (χ0) is 13.0. The Labute approximate surface area is 119 Å². The Hall–Kier alpha value is -0.940. The average molecular weight is 327 g/mol. The van der Waals surface area contributed by atoms with Gasteiger partial charge in [0, 0.05) is 21.9 Å². The summed E-state index contributed by atoms with van der Waals surface area (Å²) >= 11 is 9.59. The average Bonchev–Trinajstić information content (AvgIpc) is 2.39. The molecule has 3 nitrogen and oxygen atoms in total. The number of hydrogen-bond donors (Lipinski definition) is 2. The molecule has 18 heavy (non-hydrogen) atoms. The van der Waals surface area contributed by atoms with Gasteiger partial charge in [-0.05, 0) is 35.7 Å². The molecular formula is C13H13BrClN3. The zero-order valence-corrected chi connectivity index (χ0v) is 11.9. The molecule has 94 valence electrons. The Kier molecular flexibility index (Phi) is 4.72. The minimum atomic E-state index is -0.00243. The van der Waals surface area contributed by atoms with E-state index in [1.165, 1.54) is 0 Å². The van der Waals surface area contributed by atoms with E-state index in [-0.39, 0.29) is 6.04 Å². The Bertz CT molecular complexity index is 519. The number of aromatic nitrogens is 1. The standard InChI is InChI=1S/C13H13BrClN3/c14-11-4-3-9(12(15)7-11)6-13(18-16)10-2-1-5-17-8-10/h1-5,7-8,13,18H,6,16H2. The maximum Gasteiger partial charge on any atom is 0.0516 e. The summed E-state index contributed by atoms with van der Waals surface area (Å²) in [6, 6.07) is 9.73. The predicted octanol–water partition coefficient (Wildman–Crippen LogP) is 3.24. The van der Waals surface area contributed by atoms with Crippen molar-refractivity contribution in [2.24, 2.45) is 5.84 Å². The molecule has 2 aromatic rings. The van der Waals surface area contributed by atoms with Gasteiger partial charge in [-0.2, -0.15) is 0 Å². The summed E-state index contributed by atoms with van der Waals surface area (Å²) in [5.41, 5.74) is 4.89. The number of hydrazine groups is 1. The minimum Gasteiger partial charge on any atom is -0.271 e. The van der Waals surface area contributed by atoms with Gasteiger partial charge in [-0.1, -0.05) is 39.7 Å². The van der Waals surface area contributed by atoms with Gasteiger partial charge in [-0.15, -0.1) is 0 Å². The summed E-state index contributed by atoms with van der Waals surface area (Å²) in [7, 11) is 0. The lowest BCUT2D eigenvalue weighted by Gasteiger charge is -2.16. The summed E-state index contributed by atoms with van der Waals surface area (Å²) in [4.78, 5) is 4.10. The fourth-order valence-corrected chi connectivity index (χ4v) is 2.51. The predicted molar refractivity (Wildman–Crippen MR) is 77.2 cm³/mol. The number of benzene rings is 1. The highest BCUT2D eigenvalue weighted by atomic mass is 79.9. The van der Waals surface area contributed by atoms with Crippen LogP contribution in [0.15, 0.2) is 47.2 Å². The SMILES string of the molecule is NNC(Cc1ccc(Br)cc1Cl)c1cccnc1.